The minimum absolute atomic E-state index is 0.235. The zero-order valence-electron chi connectivity index (χ0n) is 10.5. The number of likely N-dealkylation sites (tertiary alicyclic amines) is 1. The number of carbonyl (C=O) groups is 1. The second-order valence-corrected chi connectivity index (χ2v) is 5.30. The average Bonchev–Trinajstić information content (AvgIpc) is 2.84. The van der Waals surface area contributed by atoms with E-state index in [1.807, 2.05) is 17.0 Å². The maximum Gasteiger partial charge on any atom is 0.227 e. The molecule has 2 aliphatic heterocycles. The lowest BCUT2D eigenvalue weighted by Gasteiger charge is -2.24. The Morgan fingerprint density at radius 3 is 3.22 bits per heavy atom. The van der Waals surface area contributed by atoms with Gasteiger partial charge in [0.05, 0.1) is 6.42 Å². The molecule has 1 amide bonds. The van der Waals surface area contributed by atoms with Crippen molar-refractivity contribution in [3.63, 3.8) is 0 Å². The van der Waals surface area contributed by atoms with Crippen LogP contribution in [0.4, 0.5) is 0 Å². The molecule has 0 spiro atoms. The first kappa shape index (κ1) is 11.7. The topological polar surface area (TPSA) is 45.2 Å². The molecule has 0 saturated carbocycles. The van der Waals surface area contributed by atoms with E-state index in [1.54, 1.807) is 12.4 Å². The van der Waals surface area contributed by atoms with Gasteiger partial charge in [-0.15, -0.1) is 0 Å². The van der Waals surface area contributed by atoms with E-state index in [1.165, 1.54) is 12.8 Å². The summed E-state index contributed by atoms with van der Waals surface area (Å²) in [6.45, 7) is 2.91. The number of piperidine rings is 1. The van der Waals surface area contributed by atoms with Gasteiger partial charge in [0.25, 0.3) is 0 Å². The van der Waals surface area contributed by atoms with Gasteiger partial charge in [-0.05, 0) is 36.9 Å². The highest BCUT2D eigenvalue weighted by Gasteiger charge is 2.36. The van der Waals surface area contributed by atoms with E-state index in [0.717, 1.165) is 25.2 Å². The van der Waals surface area contributed by atoms with Gasteiger partial charge in [0, 0.05) is 31.5 Å². The summed E-state index contributed by atoms with van der Waals surface area (Å²) in [7, 11) is 0. The Balaban J connectivity index is 1.60. The van der Waals surface area contributed by atoms with Crippen LogP contribution in [0.1, 0.15) is 18.4 Å². The summed E-state index contributed by atoms with van der Waals surface area (Å²) in [5.74, 6) is 0.899. The first-order chi connectivity index (χ1) is 8.83. The van der Waals surface area contributed by atoms with Gasteiger partial charge in [-0.2, -0.15) is 0 Å². The number of rotatable bonds is 2. The van der Waals surface area contributed by atoms with E-state index in [0.29, 0.717) is 18.4 Å². The van der Waals surface area contributed by atoms with Crippen molar-refractivity contribution in [1.29, 1.82) is 0 Å². The smallest absolute Gasteiger partial charge is 0.227 e. The molecule has 2 aliphatic rings. The van der Waals surface area contributed by atoms with Gasteiger partial charge in [0.2, 0.25) is 5.91 Å². The summed E-state index contributed by atoms with van der Waals surface area (Å²) >= 11 is 0. The number of nitrogens with zero attached hydrogens (tertiary/aromatic N) is 2. The van der Waals surface area contributed by atoms with Gasteiger partial charge < -0.3 is 10.2 Å². The van der Waals surface area contributed by atoms with E-state index >= 15 is 0 Å². The molecule has 2 fully saturated rings. The summed E-state index contributed by atoms with van der Waals surface area (Å²) in [4.78, 5) is 18.3. The van der Waals surface area contributed by atoms with Crippen LogP contribution in [0.15, 0.2) is 24.5 Å². The molecule has 0 bridgehead atoms. The van der Waals surface area contributed by atoms with Gasteiger partial charge in [0.1, 0.15) is 0 Å². The number of hydrogen-bond acceptors (Lipinski definition) is 3. The minimum atomic E-state index is 0.235. The van der Waals surface area contributed by atoms with Crippen molar-refractivity contribution in [2.45, 2.75) is 25.3 Å². The van der Waals surface area contributed by atoms with Gasteiger partial charge >= 0.3 is 0 Å². The van der Waals surface area contributed by atoms with Crippen molar-refractivity contribution in [3.05, 3.63) is 30.1 Å². The molecule has 18 heavy (non-hydrogen) atoms. The largest absolute Gasteiger partial charge is 0.340 e. The SMILES string of the molecule is O=C(Cc1cccnc1)N1CC2CCCNC2C1. The summed E-state index contributed by atoms with van der Waals surface area (Å²) in [5, 5.41) is 3.52. The van der Waals surface area contributed by atoms with E-state index in [4.69, 9.17) is 0 Å². The highest BCUT2D eigenvalue weighted by Crippen LogP contribution is 2.25. The zero-order chi connectivity index (χ0) is 12.4. The summed E-state index contributed by atoms with van der Waals surface area (Å²) in [6, 6.07) is 4.37. The molecule has 3 rings (SSSR count). The van der Waals surface area contributed by atoms with Crippen LogP contribution in [-0.4, -0.2) is 41.5 Å². The maximum absolute atomic E-state index is 12.2. The second kappa shape index (κ2) is 5.06. The molecule has 2 unspecified atom stereocenters. The monoisotopic (exact) mass is 245 g/mol. The molecule has 1 aromatic heterocycles. The maximum atomic E-state index is 12.2. The van der Waals surface area contributed by atoms with Crippen LogP contribution in [0.3, 0.4) is 0 Å². The van der Waals surface area contributed by atoms with Crippen LogP contribution in [0.25, 0.3) is 0 Å². The lowest BCUT2D eigenvalue weighted by Crippen LogP contribution is -2.41. The molecular weight excluding hydrogens is 226 g/mol. The third-order valence-electron chi connectivity index (χ3n) is 4.03. The van der Waals surface area contributed by atoms with Gasteiger partial charge in [-0.3, -0.25) is 9.78 Å². The third-order valence-corrected chi connectivity index (χ3v) is 4.03. The van der Waals surface area contributed by atoms with Crippen molar-refractivity contribution < 1.29 is 4.79 Å². The number of aromatic nitrogens is 1. The van der Waals surface area contributed by atoms with Crippen molar-refractivity contribution >= 4 is 5.91 Å². The fourth-order valence-corrected chi connectivity index (χ4v) is 3.04. The number of pyridine rings is 1. The van der Waals surface area contributed by atoms with E-state index in [9.17, 15) is 4.79 Å². The van der Waals surface area contributed by atoms with E-state index < -0.39 is 0 Å². The Morgan fingerprint density at radius 1 is 1.50 bits per heavy atom. The van der Waals surface area contributed by atoms with Gasteiger partial charge in [-0.1, -0.05) is 6.07 Å². The standard InChI is InChI=1S/C14H19N3O/c18-14(7-11-3-1-5-15-8-11)17-9-12-4-2-6-16-13(12)10-17/h1,3,5,8,12-13,16H,2,4,6-7,9-10H2. The molecule has 4 nitrogen and oxygen atoms in total. The van der Waals surface area contributed by atoms with Crippen LogP contribution in [-0.2, 0) is 11.2 Å². The first-order valence-electron chi connectivity index (χ1n) is 6.73. The minimum Gasteiger partial charge on any atom is -0.340 e. The Morgan fingerprint density at radius 2 is 2.44 bits per heavy atom. The molecule has 3 heterocycles. The van der Waals surface area contributed by atoms with Crippen molar-refractivity contribution in [1.82, 2.24) is 15.2 Å². The molecule has 2 saturated heterocycles. The molecule has 96 valence electrons. The predicted octanol–water partition coefficient (Wildman–Crippen LogP) is 0.834. The molecule has 0 aliphatic carbocycles. The number of carbonyl (C=O) groups excluding carboxylic acids is 1. The fourth-order valence-electron chi connectivity index (χ4n) is 3.04. The highest BCUT2D eigenvalue weighted by atomic mass is 16.2. The molecule has 0 aromatic carbocycles. The molecule has 4 heteroatoms. The zero-order valence-corrected chi connectivity index (χ0v) is 10.5. The Kier molecular flexibility index (Phi) is 3.28. The van der Waals surface area contributed by atoms with Crippen LogP contribution in [0.2, 0.25) is 0 Å². The summed E-state index contributed by atoms with van der Waals surface area (Å²) in [6.07, 6.45) is 6.50. The first-order valence-corrected chi connectivity index (χ1v) is 6.73. The normalized spacial score (nSPS) is 27.0. The predicted molar refractivity (Wildman–Crippen MR) is 69.0 cm³/mol. The Bertz CT molecular complexity index is 406. The number of hydrogen-bond donors (Lipinski definition) is 1. The average molecular weight is 245 g/mol. The van der Waals surface area contributed by atoms with Crippen LogP contribution in [0.5, 0.6) is 0 Å². The lowest BCUT2D eigenvalue weighted by molar-refractivity contribution is -0.129. The van der Waals surface area contributed by atoms with Gasteiger partial charge in [0.15, 0.2) is 0 Å². The third kappa shape index (κ3) is 2.38. The molecule has 0 radical (unpaired) electrons. The molecular formula is C14H19N3O. The second-order valence-electron chi connectivity index (χ2n) is 5.30. The van der Waals surface area contributed by atoms with Crippen molar-refractivity contribution in [3.8, 4) is 0 Å². The fraction of sp³-hybridized carbons (Fsp3) is 0.571. The molecule has 1 aromatic rings. The Labute approximate surface area is 107 Å². The lowest BCUT2D eigenvalue weighted by atomic mass is 9.94. The van der Waals surface area contributed by atoms with Crippen LogP contribution < -0.4 is 5.32 Å². The molecule has 1 N–H and O–H groups in total. The van der Waals surface area contributed by atoms with Crippen LogP contribution >= 0.6 is 0 Å². The Hall–Kier alpha value is -1.42. The van der Waals surface area contributed by atoms with Gasteiger partial charge in [-0.25, -0.2) is 0 Å². The van der Waals surface area contributed by atoms with E-state index in [2.05, 4.69) is 10.3 Å². The number of amides is 1. The van der Waals surface area contributed by atoms with E-state index in [-0.39, 0.29) is 5.91 Å². The van der Waals surface area contributed by atoms with Crippen molar-refractivity contribution in [2.75, 3.05) is 19.6 Å². The van der Waals surface area contributed by atoms with Crippen LogP contribution in [0, 0.1) is 5.92 Å². The number of nitrogens with one attached hydrogen (secondary N) is 1. The quantitative estimate of drug-likeness (QED) is 0.839. The number of fused-ring (bicyclic) bond motifs is 1. The molecule has 2 atom stereocenters. The summed E-state index contributed by atoms with van der Waals surface area (Å²) in [5.41, 5.74) is 1.00. The summed E-state index contributed by atoms with van der Waals surface area (Å²) < 4.78 is 0. The van der Waals surface area contributed by atoms with Crippen molar-refractivity contribution in [2.24, 2.45) is 5.92 Å². The highest BCUT2D eigenvalue weighted by molar-refractivity contribution is 5.79.